The average Bonchev–Trinajstić information content (AvgIpc) is 2.14. The van der Waals surface area contributed by atoms with E-state index in [2.05, 4.69) is 0 Å². The number of sulfonamides is 1. The first-order valence-electron chi connectivity index (χ1n) is 6.10. The van der Waals surface area contributed by atoms with Crippen molar-refractivity contribution in [3.8, 4) is 0 Å². The van der Waals surface area contributed by atoms with Gasteiger partial charge in [0.05, 0.1) is 5.75 Å². The maximum Gasteiger partial charge on any atom is 0.214 e. The van der Waals surface area contributed by atoms with Gasteiger partial charge < -0.3 is 0 Å². The van der Waals surface area contributed by atoms with Gasteiger partial charge in [-0.2, -0.15) is 0 Å². The van der Waals surface area contributed by atoms with Gasteiger partial charge in [-0.25, -0.2) is 12.7 Å². The van der Waals surface area contributed by atoms with Crippen LogP contribution < -0.4 is 0 Å². The maximum absolute atomic E-state index is 12.2. The van der Waals surface area contributed by atoms with E-state index in [9.17, 15) is 13.2 Å². The summed E-state index contributed by atoms with van der Waals surface area (Å²) in [4.78, 5) is 11.3. The van der Waals surface area contributed by atoms with E-state index in [0.717, 1.165) is 12.8 Å². The second-order valence-corrected chi connectivity index (χ2v) is 8.09. The molecule has 1 aliphatic rings. The number of ketones is 1. The summed E-state index contributed by atoms with van der Waals surface area (Å²) in [5, 5.41) is 0. The van der Waals surface area contributed by atoms with Crippen LogP contribution in [-0.2, 0) is 14.8 Å². The maximum atomic E-state index is 12.2. The minimum atomic E-state index is -3.23. The molecule has 17 heavy (non-hydrogen) atoms. The SMILES string of the molecule is CC(=O)C1CCCN(S(=O)(=O)CC(C)(C)C)C1. The molecule has 0 spiro atoms. The van der Waals surface area contributed by atoms with E-state index >= 15 is 0 Å². The molecule has 4 nitrogen and oxygen atoms in total. The van der Waals surface area contributed by atoms with Gasteiger partial charge in [0.2, 0.25) is 10.0 Å². The fourth-order valence-corrected chi connectivity index (χ4v) is 4.26. The van der Waals surface area contributed by atoms with E-state index in [1.54, 1.807) is 6.92 Å². The Bertz CT molecular complexity index is 381. The normalized spacial score (nSPS) is 23.6. The van der Waals surface area contributed by atoms with Crippen LogP contribution in [0.1, 0.15) is 40.5 Å². The Balaban J connectivity index is 2.75. The number of carbonyl (C=O) groups is 1. The van der Waals surface area contributed by atoms with Crippen LogP contribution >= 0.6 is 0 Å². The molecule has 0 amide bonds. The molecule has 0 saturated carbocycles. The minimum Gasteiger partial charge on any atom is -0.300 e. The van der Waals surface area contributed by atoms with Crippen molar-refractivity contribution >= 4 is 15.8 Å². The van der Waals surface area contributed by atoms with Crippen molar-refractivity contribution in [2.24, 2.45) is 11.3 Å². The van der Waals surface area contributed by atoms with Gasteiger partial charge >= 0.3 is 0 Å². The molecular formula is C12H23NO3S. The second kappa shape index (κ2) is 5.06. The van der Waals surface area contributed by atoms with E-state index < -0.39 is 10.0 Å². The van der Waals surface area contributed by atoms with Crippen LogP contribution in [0.4, 0.5) is 0 Å². The number of rotatable bonds is 3. The number of carbonyl (C=O) groups excluding carboxylic acids is 1. The molecule has 1 saturated heterocycles. The topological polar surface area (TPSA) is 54.5 Å². The van der Waals surface area contributed by atoms with Crippen LogP contribution in [0, 0.1) is 11.3 Å². The largest absolute Gasteiger partial charge is 0.300 e. The fraction of sp³-hybridized carbons (Fsp3) is 0.917. The zero-order valence-corrected chi connectivity index (χ0v) is 12.0. The van der Waals surface area contributed by atoms with Crippen LogP contribution in [0.25, 0.3) is 0 Å². The number of hydrogen-bond donors (Lipinski definition) is 0. The third-order valence-corrected chi connectivity index (χ3v) is 5.32. The summed E-state index contributed by atoms with van der Waals surface area (Å²) in [6, 6.07) is 0. The summed E-state index contributed by atoms with van der Waals surface area (Å²) in [5.74, 6) is 0.129. The third kappa shape index (κ3) is 4.39. The first-order valence-corrected chi connectivity index (χ1v) is 7.71. The van der Waals surface area contributed by atoms with Crippen molar-refractivity contribution in [2.45, 2.75) is 40.5 Å². The van der Waals surface area contributed by atoms with E-state index in [1.165, 1.54) is 4.31 Å². The first kappa shape index (κ1) is 14.6. The van der Waals surface area contributed by atoms with Crippen molar-refractivity contribution in [1.29, 1.82) is 0 Å². The highest BCUT2D eigenvalue weighted by molar-refractivity contribution is 7.89. The molecule has 0 aromatic carbocycles. The first-order chi connectivity index (χ1) is 7.62. The quantitative estimate of drug-likeness (QED) is 0.776. The van der Waals surface area contributed by atoms with Crippen LogP contribution in [0.15, 0.2) is 0 Å². The Morgan fingerprint density at radius 2 is 1.94 bits per heavy atom. The highest BCUT2D eigenvalue weighted by Gasteiger charge is 2.33. The molecule has 5 heteroatoms. The Labute approximate surface area is 104 Å². The molecule has 100 valence electrons. The Morgan fingerprint density at radius 1 is 1.35 bits per heavy atom. The van der Waals surface area contributed by atoms with Crippen LogP contribution in [0.2, 0.25) is 0 Å². The molecular weight excluding hydrogens is 238 g/mol. The van der Waals surface area contributed by atoms with Gasteiger partial charge in [0.15, 0.2) is 0 Å². The van der Waals surface area contributed by atoms with Gasteiger partial charge in [-0.3, -0.25) is 4.79 Å². The molecule has 1 heterocycles. The zero-order valence-electron chi connectivity index (χ0n) is 11.2. The molecule has 0 bridgehead atoms. The predicted molar refractivity (Wildman–Crippen MR) is 68.2 cm³/mol. The fourth-order valence-electron chi connectivity index (χ4n) is 2.17. The van der Waals surface area contributed by atoms with E-state index in [1.807, 2.05) is 20.8 Å². The average molecular weight is 261 g/mol. The molecule has 1 rings (SSSR count). The van der Waals surface area contributed by atoms with Gasteiger partial charge in [0.1, 0.15) is 5.78 Å². The van der Waals surface area contributed by atoms with Crippen LogP contribution in [0.3, 0.4) is 0 Å². The minimum absolute atomic E-state index is 0.0978. The van der Waals surface area contributed by atoms with Gasteiger partial charge in [0, 0.05) is 19.0 Å². The zero-order chi connectivity index (χ0) is 13.3. The molecule has 0 aliphatic carbocycles. The lowest BCUT2D eigenvalue weighted by Gasteiger charge is -2.32. The second-order valence-electron chi connectivity index (χ2n) is 6.12. The molecule has 0 radical (unpaired) electrons. The molecule has 1 aliphatic heterocycles. The summed E-state index contributed by atoms with van der Waals surface area (Å²) in [5.41, 5.74) is -0.248. The Morgan fingerprint density at radius 3 is 2.41 bits per heavy atom. The molecule has 1 unspecified atom stereocenters. The third-order valence-electron chi connectivity index (χ3n) is 2.97. The van der Waals surface area contributed by atoms with Crippen molar-refractivity contribution in [2.75, 3.05) is 18.8 Å². The molecule has 0 N–H and O–H groups in total. The Kier molecular flexibility index (Phi) is 4.36. The lowest BCUT2D eigenvalue weighted by Crippen LogP contribution is -2.44. The smallest absolute Gasteiger partial charge is 0.214 e. The van der Waals surface area contributed by atoms with Crippen molar-refractivity contribution < 1.29 is 13.2 Å². The van der Waals surface area contributed by atoms with E-state index in [-0.39, 0.29) is 22.9 Å². The lowest BCUT2D eigenvalue weighted by molar-refractivity contribution is -0.121. The number of Topliss-reactive ketones (excluding diaryl/α,β-unsaturated/α-hetero) is 1. The summed E-state index contributed by atoms with van der Waals surface area (Å²) >= 11 is 0. The van der Waals surface area contributed by atoms with Crippen molar-refractivity contribution in [1.82, 2.24) is 4.31 Å². The van der Waals surface area contributed by atoms with Crippen LogP contribution in [-0.4, -0.2) is 37.3 Å². The van der Waals surface area contributed by atoms with Gasteiger partial charge in [0.25, 0.3) is 0 Å². The molecule has 1 fully saturated rings. The summed E-state index contributed by atoms with van der Waals surface area (Å²) < 4.78 is 25.9. The summed E-state index contributed by atoms with van der Waals surface area (Å²) in [6.45, 7) is 8.21. The van der Waals surface area contributed by atoms with Gasteiger partial charge in [-0.1, -0.05) is 20.8 Å². The molecule has 1 atom stereocenters. The monoisotopic (exact) mass is 261 g/mol. The van der Waals surface area contributed by atoms with Crippen molar-refractivity contribution in [3.63, 3.8) is 0 Å². The molecule has 0 aromatic heterocycles. The predicted octanol–water partition coefficient (Wildman–Crippen LogP) is 1.66. The lowest BCUT2D eigenvalue weighted by atomic mass is 9.96. The van der Waals surface area contributed by atoms with Crippen molar-refractivity contribution in [3.05, 3.63) is 0 Å². The molecule has 0 aromatic rings. The highest BCUT2D eigenvalue weighted by atomic mass is 32.2. The number of hydrogen-bond acceptors (Lipinski definition) is 3. The highest BCUT2D eigenvalue weighted by Crippen LogP contribution is 2.24. The van der Waals surface area contributed by atoms with E-state index in [4.69, 9.17) is 0 Å². The Hall–Kier alpha value is -0.420. The van der Waals surface area contributed by atoms with Gasteiger partial charge in [-0.15, -0.1) is 0 Å². The standard InChI is InChI=1S/C12H23NO3S/c1-10(14)11-6-5-7-13(8-11)17(15,16)9-12(2,3)4/h11H,5-9H2,1-4H3. The van der Waals surface area contributed by atoms with E-state index in [0.29, 0.717) is 13.1 Å². The summed E-state index contributed by atoms with van der Waals surface area (Å²) in [7, 11) is -3.23. The summed E-state index contributed by atoms with van der Waals surface area (Å²) in [6.07, 6.45) is 1.60. The number of nitrogens with zero attached hydrogens (tertiary/aromatic N) is 1. The number of piperidine rings is 1. The van der Waals surface area contributed by atoms with Gasteiger partial charge in [-0.05, 0) is 25.2 Å². The van der Waals surface area contributed by atoms with Crippen LogP contribution in [0.5, 0.6) is 0 Å².